The van der Waals surface area contributed by atoms with Gasteiger partial charge in [0.25, 0.3) is 0 Å². The maximum Gasteiger partial charge on any atom is 0.249 e. The average Bonchev–Trinajstić information content (AvgIpc) is 2.82. The summed E-state index contributed by atoms with van der Waals surface area (Å²) in [4.78, 5) is 12.5. The molecule has 0 spiro atoms. The summed E-state index contributed by atoms with van der Waals surface area (Å²) in [6.07, 6.45) is 0. The van der Waals surface area contributed by atoms with Crippen molar-refractivity contribution in [2.45, 2.75) is 0 Å². The summed E-state index contributed by atoms with van der Waals surface area (Å²) in [7, 11) is 0. The Morgan fingerprint density at radius 3 is 1.36 bits per heavy atom. The van der Waals surface area contributed by atoms with E-state index in [9.17, 15) is 4.79 Å². The second kappa shape index (κ2) is 6.54. The van der Waals surface area contributed by atoms with Crippen LogP contribution in [-0.2, 0) is 0 Å². The van der Waals surface area contributed by atoms with Gasteiger partial charge < -0.3 is 5.73 Å². The zero-order valence-corrected chi connectivity index (χ0v) is 17.8. The van der Waals surface area contributed by atoms with Gasteiger partial charge in [-0.25, -0.2) is 0 Å². The number of nitrogens with two attached hydrogens (primary N) is 1. The lowest BCUT2D eigenvalue weighted by atomic mass is 9.92. The predicted octanol–water partition coefficient (Wildman–Crippen LogP) is 7.70. The fourth-order valence-electron chi connectivity index (χ4n) is 5.28. The highest BCUT2D eigenvalue weighted by Crippen LogP contribution is 2.35. The molecule has 0 aliphatic heterocycles. The topological polar surface area (TPSA) is 43.1 Å². The Hall–Kier alpha value is -4.43. The standard InChI is InChI=1S/C31H19NO/c32-31(33)30-28-8-4-3-7-20(28)11-27-16-25-14-23-12-21-9-18-5-1-2-6-19(18)10-22(21)13-24(23)15-26(25)17-29(27)30/h1-17H,(H2,32,33). The van der Waals surface area contributed by atoms with E-state index in [0.29, 0.717) is 5.56 Å². The first-order valence-electron chi connectivity index (χ1n) is 11.1. The first kappa shape index (κ1) is 18.2. The van der Waals surface area contributed by atoms with Crippen molar-refractivity contribution in [3.05, 3.63) is 109 Å². The maximum absolute atomic E-state index is 12.5. The van der Waals surface area contributed by atoms with E-state index in [1.807, 2.05) is 24.3 Å². The van der Waals surface area contributed by atoms with Gasteiger partial charge in [-0.05, 0) is 119 Å². The molecular weight excluding hydrogens is 402 g/mol. The molecule has 0 heterocycles. The zero-order valence-electron chi connectivity index (χ0n) is 17.8. The van der Waals surface area contributed by atoms with Gasteiger partial charge in [-0.2, -0.15) is 0 Å². The summed E-state index contributed by atoms with van der Waals surface area (Å²) in [5.41, 5.74) is 6.44. The molecule has 0 aliphatic rings. The van der Waals surface area contributed by atoms with Crippen molar-refractivity contribution in [3.8, 4) is 0 Å². The van der Waals surface area contributed by atoms with E-state index < -0.39 is 5.91 Å². The molecule has 7 aromatic carbocycles. The van der Waals surface area contributed by atoms with Crippen molar-refractivity contribution < 1.29 is 4.79 Å². The Balaban J connectivity index is 1.57. The molecule has 0 aromatic heterocycles. The van der Waals surface area contributed by atoms with Crippen LogP contribution in [0.2, 0.25) is 0 Å². The molecule has 7 rings (SSSR count). The van der Waals surface area contributed by atoms with Gasteiger partial charge in [-0.3, -0.25) is 4.79 Å². The van der Waals surface area contributed by atoms with E-state index in [0.717, 1.165) is 32.3 Å². The van der Waals surface area contributed by atoms with Crippen LogP contribution in [0.1, 0.15) is 10.4 Å². The lowest BCUT2D eigenvalue weighted by molar-refractivity contribution is 0.100. The fourth-order valence-corrected chi connectivity index (χ4v) is 5.28. The number of benzene rings is 7. The van der Waals surface area contributed by atoms with Gasteiger partial charge in [0.15, 0.2) is 0 Å². The Morgan fingerprint density at radius 2 is 0.818 bits per heavy atom. The van der Waals surface area contributed by atoms with Crippen LogP contribution in [0.4, 0.5) is 0 Å². The van der Waals surface area contributed by atoms with E-state index in [2.05, 4.69) is 78.9 Å². The van der Waals surface area contributed by atoms with Crippen LogP contribution in [0.25, 0.3) is 64.6 Å². The van der Waals surface area contributed by atoms with Crippen molar-refractivity contribution in [2.24, 2.45) is 5.73 Å². The first-order chi connectivity index (χ1) is 16.1. The minimum atomic E-state index is -0.394. The third-order valence-electron chi connectivity index (χ3n) is 6.84. The van der Waals surface area contributed by atoms with E-state index in [4.69, 9.17) is 5.73 Å². The van der Waals surface area contributed by atoms with E-state index in [1.54, 1.807) is 0 Å². The SMILES string of the molecule is NC(=O)c1c2ccccc2cc2cc3cc4cc5cc6ccccc6cc5cc4cc3cc12. The van der Waals surface area contributed by atoms with Gasteiger partial charge >= 0.3 is 0 Å². The highest BCUT2D eigenvalue weighted by molar-refractivity contribution is 6.20. The lowest BCUT2D eigenvalue weighted by Crippen LogP contribution is -2.12. The third-order valence-corrected chi connectivity index (χ3v) is 6.84. The molecule has 0 bridgehead atoms. The van der Waals surface area contributed by atoms with Crippen molar-refractivity contribution in [1.82, 2.24) is 0 Å². The molecule has 2 heteroatoms. The lowest BCUT2D eigenvalue weighted by Gasteiger charge is -2.12. The number of hydrogen-bond donors (Lipinski definition) is 1. The molecular formula is C31H19NO. The zero-order chi connectivity index (χ0) is 22.1. The van der Waals surface area contributed by atoms with Gasteiger partial charge in [0.2, 0.25) is 5.91 Å². The number of fused-ring (bicyclic) bond motifs is 6. The van der Waals surface area contributed by atoms with Crippen molar-refractivity contribution in [1.29, 1.82) is 0 Å². The maximum atomic E-state index is 12.5. The van der Waals surface area contributed by atoms with Crippen molar-refractivity contribution in [3.63, 3.8) is 0 Å². The Bertz CT molecular complexity index is 1950. The van der Waals surface area contributed by atoms with Crippen LogP contribution < -0.4 is 5.73 Å². The molecule has 0 fully saturated rings. The summed E-state index contributed by atoms with van der Waals surface area (Å²) in [5, 5.41) is 13.5. The highest BCUT2D eigenvalue weighted by Gasteiger charge is 2.13. The molecule has 0 saturated carbocycles. The van der Waals surface area contributed by atoms with E-state index in [1.165, 1.54) is 32.3 Å². The predicted molar refractivity (Wildman–Crippen MR) is 140 cm³/mol. The fraction of sp³-hybridized carbons (Fsp3) is 0. The second-order valence-electron chi connectivity index (χ2n) is 8.86. The number of hydrogen-bond acceptors (Lipinski definition) is 1. The molecule has 7 aromatic rings. The Labute approximate surface area is 189 Å². The molecule has 0 saturated heterocycles. The summed E-state index contributed by atoms with van der Waals surface area (Å²) in [5.74, 6) is -0.394. The quantitative estimate of drug-likeness (QED) is 0.271. The smallest absolute Gasteiger partial charge is 0.249 e. The van der Waals surface area contributed by atoms with Crippen molar-refractivity contribution >= 4 is 70.5 Å². The van der Waals surface area contributed by atoms with E-state index in [-0.39, 0.29) is 0 Å². The summed E-state index contributed by atoms with van der Waals surface area (Å²) in [6.45, 7) is 0. The average molecular weight is 421 g/mol. The number of primary amides is 1. The number of amides is 1. The molecule has 2 nitrogen and oxygen atoms in total. The van der Waals surface area contributed by atoms with Crippen LogP contribution in [0.15, 0.2) is 103 Å². The third kappa shape index (κ3) is 2.71. The van der Waals surface area contributed by atoms with Crippen LogP contribution in [0.3, 0.4) is 0 Å². The Morgan fingerprint density at radius 1 is 0.424 bits per heavy atom. The van der Waals surface area contributed by atoms with Gasteiger partial charge in [0.1, 0.15) is 0 Å². The largest absolute Gasteiger partial charge is 0.366 e. The number of carbonyl (C=O) groups is 1. The molecule has 2 N–H and O–H groups in total. The summed E-state index contributed by atoms with van der Waals surface area (Å²) in [6, 6.07) is 36.4. The molecule has 0 unspecified atom stereocenters. The Kier molecular flexibility index (Phi) is 3.60. The van der Waals surface area contributed by atoms with Gasteiger partial charge in [-0.1, -0.05) is 48.5 Å². The summed E-state index contributed by atoms with van der Waals surface area (Å²) >= 11 is 0. The molecule has 0 atom stereocenters. The molecule has 0 aliphatic carbocycles. The van der Waals surface area contributed by atoms with Crippen LogP contribution in [-0.4, -0.2) is 5.91 Å². The number of rotatable bonds is 1. The molecule has 1 amide bonds. The first-order valence-corrected chi connectivity index (χ1v) is 11.1. The van der Waals surface area contributed by atoms with Gasteiger partial charge in [0.05, 0.1) is 5.56 Å². The van der Waals surface area contributed by atoms with Gasteiger partial charge in [-0.15, -0.1) is 0 Å². The van der Waals surface area contributed by atoms with Crippen LogP contribution in [0.5, 0.6) is 0 Å². The van der Waals surface area contributed by atoms with Crippen molar-refractivity contribution in [2.75, 3.05) is 0 Å². The monoisotopic (exact) mass is 421 g/mol. The van der Waals surface area contributed by atoms with Crippen LogP contribution in [0, 0.1) is 0 Å². The summed E-state index contributed by atoms with van der Waals surface area (Å²) < 4.78 is 0. The van der Waals surface area contributed by atoms with Crippen LogP contribution >= 0.6 is 0 Å². The minimum absolute atomic E-state index is 0.394. The normalized spacial score (nSPS) is 11.9. The molecule has 33 heavy (non-hydrogen) atoms. The minimum Gasteiger partial charge on any atom is -0.366 e. The number of carbonyl (C=O) groups excluding carboxylic acids is 1. The molecule has 154 valence electrons. The molecule has 0 radical (unpaired) electrons. The highest BCUT2D eigenvalue weighted by atomic mass is 16.1. The van der Waals surface area contributed by atoms with E-state index >= 15 is 0 Å². The van der Waals surface area contributed by atoms with Gasteiger partial charge in [0, 0.05) is 0 Å². The second-order valence-corrected chi connectivity index (χ2v) is 8.86.